The molecule has 0 radical (unpaired) electrons. The summed E-state index contributed by atoms with van der Waals surface area (Å²) in [6.45, 7) is 1.69. The van der Waals surface area contributed by atoms with Crippen molar-refractivity contribution in [2.75, 3.05) is 0 Å². The van der Waals surface area contributed by atoms with Crippen LogP contribution in [0.2, 0.25) is 0 Å². The molecule has 0 aliphatic heterocycles. The minimum absolute atomic E-state index is 0.180. The lowest BCUT2D eigenvalue weighted by atomic mass is 10.1. The van der Waals surface area contributed by atoms with Gasteiger partial charge in [0.05, 0.1) is 11.7 Å². The van der Waals surface area contributed by atoms with Crippen LogP contribution in [-0.4, -0.2) is 25.7 Å². The van der Waals surface area contributed by atoms with Crippen LogP contribution in [-0.2, 0) is 11.3 Å². The van der Waals surface area contributed by atoms with Gasteiger partial charge in [-0.05, 0) is 47.2 Å². The smallest absolute Gasteiger partial charge is 0.348 e. The number of hydrogen-bond donors (Lipinski definition) is 1. The zero-order valence-electron chi connectivity index (χ0n) is 13.5. The molecule has 128 valence electrons. The molecule has 1 heterocycles. The molecule has 8 heteroatoms. The number of carbonyl (C=O) groups excluding carboxylic acids is 1. The molecule has 0 saturated heterocycles. The number of nitrogens with one attached hydrogen (secondary N) is 1. The summed E-state index contributed by atoms with van der Waals surface area (Å²) in [4.78, 5) is 24.5. The number of para-hydroxylation sites is 1. The largest absolute Gasteiger partial charge is 0.368 e. The van der Waals surface area contributed by atoms with Gasteiger partial charge in [-0.1, -0.05) is 46.3 Å². The Kier molecular flexibility index (Phi) is 5.08. The normalized spacial score (nSPS) is 11.9. The van der Waals surface area contributed by atoms with Gasteiger partial charge in [-0.25, -0.2) is 4.79 Å². The maximum Gasteiger partial charge on any atom is 0.368 e. The maximum atomic E-state index is 12.3. The number of amides is 1. The minimum Gasteiger partial charge on any atom is -0.348 e. The number of hydrogen-bond acceptors (Lipinski definition) is 4. The van der Waals surface area contributed by atoms with Crippen molar-refractivity contribution in [2.24, 2.45) is 0 Å². The molecule has 0 fully saturated rings. The second-order valence-corrected chi connectivity index (χ2v) is 6.42. The molecule has 1 N–H and O–H groups in total. The van der Waals surface area contributed by atoms with Gasteiger partial charge in [0, 0.05) is 4.47 Å². The average molecular weight is 402 g/mol. The number of aromatic nitrogens is 4. The zero-order valence-corrected chi connectivity index (χ0v) is 15.0. The zero-order chi connectivity index (χ0) is 17.8. The van der Waals surface area contributed by atoms with Gasteiger partial charge in [0.15, 0.2) is 0 Å². The lowest BCUT2D eigenvalue weighted by Crippen LogP contribution is -2.34. The van der Waals surface area contributed by atoms with Gasteiger partial charge in [-0.2, -0.15) is 9.36 Å². The van der Waals surface area contributed by atoms with Gasteiger partial charge < -0.3 is 5.32 Å². The summed E-state index contributed by atoms with van der Waals surface area (Å²) in [5, 5.41) is 10.4. The highest BCUT2D eigenvalue weighted by molar-refractivity contribution is 9.10. The van der Waals surface area contributed by atoms with Crippen LogP contribution in [0.1, 0.15) is 18.5 Å². The van der Waals surface area contributed by atoms with Gasteiger partial charge >= 0.3 is 5.69 Å². The highest BCUT2D eigenvalue weighted by Crippen LogP contribution is 2.16. The van der Waals surface area contributed by atoms with E-state index in [0.717, 1.165) is 19.4 Å². The number of nitrogens with zero attached hydrogens (tertiary/aromatic N) is 4. The van der Waals surface area contributed by atoms with Crippen LogP contribution in [0.4, 0.5) is 0 Å². The standard InChI is InChI=1S/C17H16BrN5O2/c1-12(13-7-9-14(18)10-8-13)19-16(24)11-22-17(25)23(21-20-22)15-5-3-2-4-6-15/h2-10,12H,11H2,1H3,(H,19,24)/t12-/m1/s1. The third-order valence-electron chi connectivity index (χ3n) is 3.68. The molecular formula is C17H16BrN5O2. The number of carbonyl (C=O) groups is 1. The Morgan fingerprint density at radius 1 is 1.12 bits per heavy atom. The van der Waals surface area contributed by atoms with Crippen LogP contribution in [0.3, 0.4) is 0 Å². The Labute approximate surface area is 152 Å². The first-order chi connectivity index (χ1) is 12.0. The van der Waals surface area contributed by atoms with Gasteiger partial charge in [0.2, 0.25) is 5.91 Å². The molecule has 3 aromatic rings. The molecule has 25 heavy (non-hydrogen) atoms. The highest BCUT2D eigenvalue weighted by atomic mass is 79.9. The van der Waals surface area contributed by atoms with Crippen molar-refractivity contribution in [3.05, 3.63) is 75.1 Å². The van der Waals surface area contributed by atoms with Crippen molar-refractivity contribution in [1.29, 1.82) is 0 Å². The van der Waals surface area contributed by atoms with Crippen molar-refractivity contribution in [3.8, 4) is 5.69 Å². The SMILES string of the molecule is C[C@@H](NC(=O)Cn1nnn(-c2ccccc2)c1=O)c1ccc(Br)cc1. The van der Waals surface area contributed by atoms with E-state index in [2.05, 4.69) is 31.7 Å². The molecule has 7 nitrogen and oxygen atoms in total. The van der Waals surface area contributed by atoms with E-state index in [9.17, 15) is 9.59 Å². The Morgan fingerprint density at radius 3 is 2.48 bits per heavy atom. The molecule has 0 saturated carbocycles. The topological polar surface area (TPSA) is 81.8 Å². The van der Waals surface area contributed by atoms with E-state index >= 15 is 0 Å². The van der Waals surface area contributed by atoms with Gasteiger partial charge in [0.1, 0.15) is 6.54 Å². The van der Waals surface area contributed by atoms with Crippen molar-refractivity contribution in [3.63, 3.8) is 0 Å². The molecule has 0 aliphatic carbocycles. The molecule has 0 spiro atoms. The van der Waals surface area contributed by atoms with Crippen LogP contribution in [0.5, 0.6) is 0 Å². The number of halogens is 1. The lowest BCUT2D eigenvalue weighted by molar-refractivity contribution is -0.122. The van der Waals surface area contributed by atoms with E-state index in [-0.39, 0.29) is 18.5 Å². The molecular weight excluding hydrogens is 386 g/mol. The van der Waals surface area contributed by atoms with E-state index in [1.807, 2.05) is 37.3 Å². The highest BCUT2D eigenvalue weighted by Gasteiger charge is 2.14. The maximum absolute atomic E-state index is 12.3. The summed E-state index contributed by atoms with van der Waals surface area (Å²) in [6, 6.07) is 16.4. The molecule has 1 atom stereocenters. The third kappa shape index (κ3) is 4.03. The number of benzene rings is 2. The van der Waals surface area contributed by atoms with E-state index < -0.39 is 5.69 Å². The van der Waals surface area contributed by atoms with E-state index in [4.69, 9.17) is 0 Å². The van der Waals surface area contributed by atoms with Gasteiger partial charge in [-0.3, -0.25) is 4.79 Å². The van der Waals surface area contributed by atoms with Crippen LogP contribution in [0.25, 0.3) is 5.69 Å². The van der Waals surface area contributed by atoms with E-state index in [1.165, 1.54) is 0 Å². The van der Waals surface area contributed by atoms with E-state index in [1.54, 1.807) is 24.3 Å². The summed E-state index contributed by atoms with van der Waals surface area (Å²) in [7, 11) is 0. The second-order valence-electron chi connectivity index (χ2n) is 5.51. The van der Waals surface area contributed by atoms with Crippen molar-refractivity contribution in [1.82, 2.24) is 25.1 Å². The first kappa shape index (κ1) is 17.1. The monoisotopic (exact) mass is 401 g/mol. The quantitative estimate of drug-likeness (QED) is 0.709. The third-order valence-corrected chi connectivity index (χ3v) is 4.21. The minimum atomic E-state index is -0.461. The lowest BCUT2D eigenvalue weighted by Gasteiger charge is -2.14. The van der Waals surface area contributed by atoms with Crippen LogP contribution < -0.4 is 11.0 Å². The fourth-order valence-electron chi connectivity index (χ4n) is 2.36. The molecule has 0 unspecified atom stereocenters. The summed E-state index contributed by atoms with van der Waals surface area (Å²) < 4.78 is 3.17. The second kappa shape index (κ2) is 7.43. The fraction of sp³-hybridized carbons (Fsp3) is 0.176. The van der Waals surface area contributed by atoms with Crippen molar-refractivity contribution >= 4 is 21.8 Å². The van der Waals surface area contributed by atoms with Crippen LogP contribution in [0.15, 0.2) is 63.9 Å². The molecule has 2 aromatic carbocycles. The molecule has 3 rings (SSSR count). The Morgan fingerprint density at radius 2 is 1.80 bits per heavy atom. The number of rotatable bonds is 5. The van der Waals surface area contributed by atoms with Gasteiger partial charge in [0.25, 0.3) is 0 Å². The molecule has 0 aliphatic rings. The first-order valence-electron chi connectivity index (χ1n) is 7.67. The molecule has 0 bridgehead atoms. The predicted molar refractivity (Wildman–Crippen MR) is 96.3 cm³/mol. The Balaban J connectivity index is 1.68. The fourth-order valence-corrected chi connectivity index (χ4v) is 2.63. The van der Waals surface area contributed by atoms with E-state index in [0.29, 0.717) is 5.69 Å². The van der Waals surface area contributed by atoms with Crippen LogP contribution in [0, 0.1) is 0 Å². The number of tetrazole rings is 1. The molecule has 1 aromatic heterocycles. The van der Waals surface area contributed by atoms with Crippen molar-refractivity contribution in [2.45, 2.75) is 19.5 Å². The van der Waals surface area contributed by atoms with Crippen LogP contribution >= 0.6 is 15.9 Å². The Bertz CT molecular complexity index is 918. The average Bonchev–Trinajstić information content (AvgIpc) is 2.96. The first-order valence-corrected chi connectivity index (χ1v) is 8.47. The van der Waals surface area contributed by atoms with Crippen molar-refractivity contribution < 1.29 is 4.79 Å². The summed E-state index contributed by atoms with van der Waals surface area (Å²) in [6.07, 6.45) is 0. The Hall–Kier alpha value is -2.74. The summed E-state index contributed by atoms with van der Waals surface area (Å²) in [5.41, 5.74) is 1.11. The van der Waals surface area contributed by atoms with Gasteiger partial charge in [-0.15, -0.1) is 0 Å². The summed E-state index contributed by atoms with van der Waals surface area (Å²) >= 11 is 3.38. The predicted octanol–water partition coefficient (Wildman–Crippen LogP) is 2.07. The summed E-state index contributed by atoms with van der Waals surface area (Å²) in [5.74, 6) is -0.308. The molecule has 1 amide bonds.